The summed E-state index contributed by atoms with van der Waals surface area (Å²) < 4.78 is 6.96. The molecule has 0 aromatic carbocycles. The summed E-state index contributed by atoms with van der Waals surface area (Å²) in [5, 5.41) is 4.18. The summed E-state index contributed by atoms with van der Waals surface area (Å²) in [6, 6.07) is 1.60. The second-order valence-corrected chi connectivity index (χ2v) is 7.24. The summed E-state index contributed by atoms with van der Waals surface area (Å²) in [5.41, 5.74) is 1.48. The van der Waals surface area contributed by atoms with Crippen molar-refractivity contribution in [2.24, 2.45) is 7.05 Å². The van der Waals surface area contributed by atoms with Crippen LogP contribution in [0.1, 0.15) is 29.0 Å². The first-order chi connectivity index (χ1) is 13.0. The van der Waals surface area contributed by atoms with Crippen molar-refractivity contribution >= 4 is 17.5 Å². The van der Waals surface area contributed by atoms with Gasteiger partial charge in [-0.3, -0.25) is 19.2 Å². The maximum absolute atomic E-state index is 13.0. The van der Waals surface area contributed by atoms with Gasteiger partial charge in [0, 0.05) is 46.0 Å². The van der Waals surface area contributed by atoms with Crippen LogP contribution in [0.2, 0.25) is 0 Å². The van der Waals surface area contributed by atoms with Gasteiger partial charge in [-0.15, -0.1) is 0 Å². The van der Waals surface area contributed by atoms with E-state index in [0.717, 1.165) is 25.1 Å². The average molecular weight is 371 g/mol. The van der Waals surface area contributed by atoms with Gasteiger partial charge in [0.1, 0.15) is 5.76 Å². The molecule has 2 fully saturated rings. The Bertz CT molecular complexity index is 834. The van der Waals surface area contributed by atoms with Crippen LogP contribution in [0.25, 0.3) is 0 Å². The fraction of sp³-hybridized carbons (Fsp3) is 0.526. The van der Waals surface area contributed by atoms with Gasteiger partial charge in [-0.1, -0.05) is 0 Å². The third kappa shape index (κ3) is 3.37. The van der Waals surface area contributed by atoms with Gasteiger partial charge < -0.3 is 14.2 Å². The van der Waals surface area contributed by atoms with Gasteiger partial charge in [0.25, 0.3) is 5.91 Å². The van der Waals surface area contributed by atoms with Crippen molar-refractivity contribution in [1.29, 1.82) is 0 Å². The zero-order valence-corrected chi connectivity index (χ0v) is 15.8. The molecule has 0 aliphatic carbocycles. The number of anilines is 1. The number of amides is 2. The molecule has 2 amide bonds. The van der Waals surface area contributed by atoms with E-state index in [-0.39, 0.29) is 17.9 Å². The zero-order valence-electron chi connectivity index (χ0n) is 15.8. The van der Waals surface area contributed by atoms with Gasteiger partial charge in [-0.25, -0.2) is 0 Å². The number of piperazine rings is 1. The van der Waals surface area contributed by atoms with Gasteiger partial charge in [0.15, 0.2) is 0 Å². The molecule has 4 heterocycles. The van der Waals surface area contributed by atoms with Gasteiger partial charge in [-0.2, -0.15) is 5.10 Å². The summed E-state index contributed by atoms with van der Waals surface area (Å²) in [7, 11) is 1.85. The molecule has 0 spiro atoms. The standard InChI is InChI=1S/C19H25N5O3/c1-14-16(5-11-27-14)18(25)23-9-7-22(8-10-23)17-4-3-6-24(19(17)26)15-12-20-21(2)13-15/h5,11-13,17H,3-4,6-10H2,1-2H3/t17-/m1/s1. The van der Waals surface area contributed by atoms with Crippen LogP contribution in [0.15, 0.2) is 29.1 Å². The Morgan fingerprint density at radius 2 is 2.00 bits per heavy atom. The largest absolute Gasteiger partial charge is 0.469 e. The smallest absolute Gasteiger partial charge is 0.257 e. The lowest BCUT2D eigenvalue weighted by molar-refractivity contribution is -0.126. The fourth-order valence-electron chi connectivity index (χ4n) is 4.01. The van der Waals surface area contributed by atoms with Crippen LogP contribution in [-0.2, 0) is 11.8 Å². The Balaban J connectivity index is 1.39. The van der Waals surface area contributed by atoms with Crippen molar-refractivity contribution in [3.05, 3.63) is 36.0 Å². The van der Waals surface area contributed by atoms with Gasteiger partial charge in [0.2, 0.25) is 5.91 Å². The number of hydrogen-bond donors (Lipinski definition) is 0. The highest BCUT2D eigenvalue weighted by Crippen LogP contribution is 2.24. The van der Waals surface area contributed by atoms with Crippen molar-refractivity contribution in [3.63, 3.8) is 0 Å². The van der Waals surface area contributed by atoms with Crippen LogP contribution in [0.4, 0.5) is 5.69 Å². The first kappa shape index (κ1) is 17.8. The number of piperidine rings is 1. The Morgan fingerprint density at radius 1 is 1.22 bits per heavy atom. The summed E-state index contributed by atoms with van der Waals surface area (Å²) in [5.74, 6) is 0.796. The van der Waals surface area contributed by atoms with Crippen molar-refractivity contribution in [3.8, 4) is 0 Å². The minimum atomic E-state index is -0.119. The second kappa shape index (κ2) is 7.19. The lowest BCUT2D eigenvalue weighted by atomic mass is 10.0. The lowest BCUT2D eigenvalue weighted by Crippen LogP contribution is -2.58. The maximum Gasteiger partial charge on any atom is 0.257 e. The minimum Gasteiger partial charge on any atom is -0.469 e. The summed E-state index contributed by atoms with van der Waals surface area (Å²) in [6.45, 7) is 5.20. The monoisotopic (exact) mass is 371 g/mol. The molecule has 2 saturated heterocycles. The molecular weight excluding hydrogens is 346 g/mol. The minimum absolute atomic E-state index is 0.00728. The van der Waals surface area contributed by atoms with E-state index in [4.69, 9.17) is 4.42 Å². The molecule has 2 aliphatic rings. The van der Waals surface area contributed by atoms with E-state index >= 15 is 0 Å². The van der Waals surface area contributed by atoms with Crippen LogP contribution in [0.3, 0.4) is 0 Å². The molecule has 2 aromatic heterocycles. The number of hydrogen-bond acceptors (Lipinski definition) is 5. The van der Waals surface area contributed by atoms with E-state index in [1.807, 2.05) is 23.0 Å². The topological polar surface area (TPSA) is 74.8 Å². The van der Waals surface area contributed by atoms with Gasteiger partial charge >= 0.3 is 0 Å². The van der Waals surface area contributed by atoms with Crippen LogP contribution in [0.5, 0.6) is 0 Å². The second-order valence-electron chi connectivity index (χ2n) is 7.24. The van der Waals surface area contributed by atoms with Crippen LogP contribution >= 0.6 is 0 Å². The average Bonchev–Trinajstić information content (AvgIpc) is 3.30. The summed E-state index contributed by atoms with van der Waals surface area (Å²) in [4.78, 5) is 31.6. The predicted molar refractivity (Wildman–Crippen MR) is 99.5 cm³/mol. The number of aromatic nitrogens is 2. The van der Waals surface area contributed by atoms with E-state index in [0.29, 0.717) is 37.5 Å². The Labute approximate surface area is 158 Å². The first-order valence-electron chi connectivity index (χ1n) is 9.42. The highest BCUT2D eigenvalue weighted by Gasteiger charge is 2.36. The Morgan fingerprint density at radius 3 is 2.63 bits per heavy atom. The van der Waals surface area contributed by atoms with Gasteiger partial charge in [0.05, 0.1) is 29.8 Å². The Hall–Kier alpha value is -2.61. The van der Waals surface area contributed by atoms with Crippen LogP contribution < -0.4 is 4.90 Å². The number of nitrogens with zero attached hydrogens (tertiary/aromatic N) is 5. The molecule has 0 N–H and O–H groups in total. The summed E-state index contributed by atoms with van der Waals surface area (Å²) in [6.07, 6.45) is 7.00. The molecule has 4 rings (SSSR count). The molecule has 2 aliphatic heterocycles. The molecule has 0 radical (unpaired) electrons. The molecule has 144 valence electrons. The first-order valence-corrected chi connectivity index (χ1v) is 9.42. The Kier molecular flexibility index (Phi) is 4.73. The molecule has 0 unspecified atom stereocenters. The van der Waals surface area contributed by atoms with E-state index in [1.165, 1.54) is 0 Å². The number of furan rings is 1. The SMILES string of the molecule is Cc1occc1C(=O)N1CCN([C@@H]2CCCN(c3cnn(C)c3)C2=O)CC1. The number of carbonyl (C=O) groups excluding carboxylic acids is 2. The number of rotatable bonds is 3. The molecular formula is C19H25N5O3. The van der Waals surface area contributed by atoms with Crippen molar-refractivity contribution in [2.45, 2.75) is 25.8 Å². The molecule has 0 bridgehead atoms. The van der Waals surface area contributed by atoms with Crippen molar-refractivity contribution < 1.29 is 14.0 Å². The lowest BCUT2D eigenvalue weighted by Gasteiger charge is -2.42. The third-order valence-corrected chi connectivity index (χ3v) is 5.54. The molecule has 2 aromatic rings. The van der Waals surface area contributed by atoms with E-state index < -0.39 is 0 Å². The van der Waals surface area contributed by atoms with Crippen molar-refractivity contribution in [2.75, 3.05) is 37.6 Å². The fourth-order valence-corrected chi connectivity index (χ4v) is 4.01. The van der Waals surface area contributed by atoms with Crippen LogP contribution in [-0.4, -0.2) is 70.2 Å². The van der Waals surface area contributed by atoms with E-state index in [2.05, 4.69) is 10.00 Å². The number of carbonyl (C=O) groups is 2. The molecule has 0 saturated carbocycles. The normalized spacial score (nSPS) is 21.7. The third-order valence-electron chi connectivity index (χ3n) is 5.54. The molecule has 8 heteroatoms. The molecule has 8 nitrogen and oxygen atoms in total. The van der Waals surface area contributed by atoms with Crippen LogP contribution in [0, 0.1) is 6.92 Å². The highest BCUT2D eigenvalue weighted by atomic mass is 16.3. The molecule has 27 heavy (non-hydrogen) atoms. The molecule has 1 atom stereocenters. The van der Waals surface area contributed by atoms with E-state index in [1.54, 1.807) is 30.1 Å². The van der Waals surface area contributed by atoms with E-state index in [9.17, 15) is 9.59 Å². The van der Waals surface area contributed by atoms with Gasteiger partial charge in [-0.05, 0) is 25.8 Å². The summed E-state index contributed by atoms with van der Waals surface area (Å²) >= 11 is 0. The zero-order chi connectivity index (χ0) is 19.0. The predicted octanol–water partition coefficient (Wildman–Crippen LogP) is 1.27. The highest BCUT2D eigenvalue weighted by molar-refractivity contribution is 5.98. The quantitative estimate of drug-likeness (QED) is 0.812. The maximum atomic E-state index is 13.0. The number of aryl methyl sites for hydroxylation is 2. The van der Waals surface area contributed by atoms with Crippen molar-refractivity contribution in [1.82, 2.24) is 19.6 Å².